The summed E-state index contributed by atoms with van der Waals surface area (Å²) in [6.07, 6.45) is 4.17. The first kappa shape index (κ1) is 14.5. The van der Waals surface area contributed by atoms with Gasteiger partial charge in [-0.25, -0.2) is 4.39 Å². The van der Waals surface area contributed by atoms with E-state index in [0.717, 1.165) is 25.7 Å². The summed E-state index contributed by atoms with van der Waals surface area (Å²) >= 11 is 5.77. The highest BCUT2D eigenvalue weighted by Gasteiger charge is 2.25. The molecule has 1 aromatic carbocycles. The number of rotatable bonds is 3. The molecule has 1 aromatic heterocycles. The molecule has 0 radical (unpaired) electrons. The van der Waals surface area contributed by atoms with Gasteiger partial charge in [-0.15, -0.1) is 0 Å². The van der Waals surface area contributed by atoms with Crippen molar-refractivity contribution in [3.05, 3.63) is 46.3 Å². The van der Waals surface area contributed by atoms with E-state index in [2.05, 4.69) is 10.1 Å². The zero-order chi connectivity index (χ0) is 14.8. The third-order valence-electron chi connectivity index (χ3n) is 3.99. The number of nitrogens with zero attached hydrogens (tertiary/aromatic N) is 2. The van der Waals surface area contributed by atoms with Gasteiger partial charge in [-0.05, 0) is 37.3 Å². The predicted molar refractivity (Wildman–Crippen MR) is 77.7 cm³/mol. The van der Waals surface area contributed by atoms with Crippen molar-refractivity contribution in [1.82, 2.24) is 10.1 Å². The molecule has 0 spiro atoms. The SMILES string of the molecule is NC1CCC(c2nc(Cc3cccc(Cl)c3F)no2)CC1. The zero-order valence-corrected chi connectivity index (χ0v) is 12.3. The summed E-state index contributed by atoms with van der Waals surface area (Å²) in [5, 5.41) is 4.06. The van der Waals surface area contributed by atoms with Crippen molar-refractivity contribution in [3.63, 3.8) is 0 Å². The van der Waals surface area contributed by atoms with Gasteiger partial charge in [0, 0.05) is 18.4 Å². The van der Waals surface area contributed by atoms with Crippen LogP contribution in [-0.2, 0) is 6.42 Å². The molecule has 3 rings (SSSR count). The fraction of sp³-hybridized carbons (Fsp3) is 0.467. The average Bonchev–Trinajstić information content (AvgIpc) is 2.93. The highest BCUT2D eigenvalue weighted by atomic mass is 35.5. The third-order valence-corrected chi connectivity index (χ3v) is 4.28. The van der Waals surface area contributed by atoms with Gasteiger partial charge in [0.2, 0.25) is 5.89 Å². The van der Waals surface area contributed by atoms with Gasteiger partial charge >= 0.3 is 0 Å². The molecule has 0 bridgehead atoms. The molecule has 2 N–H and O–H groups in total. The lowest BCUT2D eigenvalue weighted by molar-refractivity contribution is 0.300. The fourth-order valence-corrected chi connectivity index (χ4v) is 2.92. The van der Waals surface area contributed by atoms with Crippen molar-refractivity contribution >= 4 is 11.6 Å². The number of aromatic nitrogens is 2. The van der Waals surface area contributed by atoms with Gasteiger partial charge < -0.3 is 10.3 Å². The Bertz CT molecular complexity index is 623. The van der Waals surface area contributed by atoms with E-state index in [-0.39, 0.29) is 23.4 Å². The third kappa shape index (κ3) is 3.24. The van der Waals surface area contributed by atoms with Crippen LogP contribution in [0.5, 0.6) is 0 Å². The van der Waals surface area contributed by atoms with E-state index >= 15 is 0 Å². The van der Waals surface area contributed by atoms with Gasteiger partial charge in [0.15, 0.2) is 5.82 Å². The molecule has 1 aliphatic rings. The number of hydrogen-bond acceptors (Lipinski definition) is 4. The second kappa shape index (κ2) is 6.12. The van der Waals surface area contributed by atoms with E-state index < -0.39 is 5.82 Å². The molecular weight excluding hydrogens is 293 g/mol. The molecule has 6 heteroatoms. The summed E-state index contributed by atoms with van der Waals surface area (Å²) in [4.78, 5) is 4.40. The van der Waals surface area contributed by atoms with Gasteiger partial charge in [0.05, 0.1) is 5.02 Å². The van der Waals surface area contributed by atoms with E-state index in [1.807, 2.05) is 0 Å². The maximum Gasteiger partial charge on any atom is 0.229 e. The average molecular weight is 310 g/mol. The molecule has 1 fully saturated rings. The number of benzene rings is 1. The van der Waals surface area contributed by atoms with Crippen LogP contribution >= 0.6 is 11.6 Å². The largest absolute Gasteiger partial charge is 0.339 e. The summed E-state index contributed by atoms with van der Waals surface area (Å²) in [6.45, 7) is 0. The smallest absolute Gasteiger partial charge is 0.229 e. The molecule has 1 heterocycles. The predicted octanol–water partition coefficient (Wildman–Crippen LogP) is 3.44. The van der Waals surface area contributed by atoms with Gasteiger partial charge in [-0.1, -0.05) is 28.9 Å². The van der Waals surface area contributed by atoms with Crippen molar-refractivity contribution < 1.29 is 8.91 Å². The van der Waals surface area contributed by atoms with Gasteiger partial charge in [-0.2, -0.15) is 4.98 Å². The Balaban J connectivity index is 1.72. The second-order valence-electron chi connectivity index (χ2n) is 5.55. The van der Waals surface area contributed by atoms with Crippen LogP contribution in [0, 0.1) is 5.82 Å². The van der Waals surface area contributed by atoms with Crippen molar-refractivity contribution in [1.29, 1.82) is 0 Å². The van der Waals surface area contributed by atoms with Crippen molar-refractivity contribution in [2.24, 2.45) is 5.73 Å². The van der Waals surface area contributed by atoms with E-state index in [4.69, 9.17) is 21.9 Å². The number of halogens is 2. The summed E-state index contributed by atoms with van der Waals surface area (Å²) in [5.41, 5.74) is 6.37. The minimum atomic E-state index is -0.422. The molecule has 0 aliphatic heterocycles. The van der Waals surface area contributed by atoms with Crippen LogP contribution in [0.4, 0.5) is 4.39 Å². The fourth-order valence-electron chi connectivity index (χ4n) is 2.73. The Labute approximate surface area is 127 Å². The lowest BCUT2D eigenvalue weighted by Crippen LogP contribution is -2.25. The maximum atomic E-state index is 13.9. The molecule has 0 atom stereocenters. The molecule has 21 heavy (non-hydrogen) atoms. The molecule has 0 amide bonds. The lowest BCUT2D eigenvalue weighted by Gasteiger charge is -2.22. The summed E-state index contributed by atoms with van der Waals surface area (Å²) in [7, 11) is 0. The standard InChI is InChI=1S/C15H17ClFN3O/c16-12-3-1-2-10(14(12)17)8-13-19-15(21-20-13)9-4-6-11(18)7-5-9/h1-3,9,11H,4-8,18H2. The Hall–Kier alpha value is -1.46. The second-order valence-corrected chi connectivity index (χ2v) is 5.96. The van der Waals surface area contributed by atoms with Gasteiger partial charge in [-0.3, -0.25) is 0 Å². The van der Waals surface area contributed by atoms with Crippen LogP contribution in [0.25, 0.3) is 0 Å². The first-order valence-electron chi connectivity index (χ1n) is 7.14. The van der Waals surface area contributed by atoms with Crippen molar-refractivity contribution in [2.45, 2.75) is 44.1 Å². The first-order valence-corrected chi connectivity index (χ1v) is 7.52. The van der Waals surface area contributed by atoms with Crippen LogP contribution in [0.2, 0.25) is 5.02 Å². The van der Waals surface area contributed by atoms with Crippen LogP contribution < -0.4 is 5.73 Å². The van der Waals surface area contributed by atoms with Gasteiger partial charge in [0.1, 0.15) is 5.82 Å². The van der Waals surface area contributed by atoms with Gasteiger partial charge in [0.25, 0.3) is 0 Å². The van der Waals surface area contributed by atoms with E-state index in [0.29, 0.717) is 17.3 Å². The molecule has 0 unspecified atom stereocenters. The Morgan fingerprint density at radius 1 is 1.29 bits per heavy atom. The summed E-state index contributed by atoms with van der Waals surface area (Å²) < 4.78 is 19.2. The maximum absolute atomic E-state index is 13.9. The van der Waals surface area contributed by atoms with Crippen molar-refractivity contribution in [2.75, 3.05) is 0 Å². The molecule has 1 saturated carbocycles. The molecule has 4 nitrogen and oxygen atoms in total. The molecule has 1 aliphatic carbocycles. The Morgan fingerprint density at radius 3 is 2.81 bits per heavy atom. The Morgan fingerprint density at radius 2 is 2.05 bits per heavy atom. The summed E-state index contributed by atoms with van der Waals surface area (Å²) in [6, 6.07) is 5.19. The lowest BCUT2D eigenvalue weighted by atomic mass is 9.86. The quantitative estimate of drug-likeness (QED) is 0.943. The molecule has 0 saturated heterocycles. The molecular formula is C15H17ClFN3O. The number of nitrogens with two attached hydrogens (primary N) is 1. The minimum absolute atomic E-state index is 0.109. The topological polar surface area (TPSA) is 64.9 Å². The summed E-state index contributed by atoms with van der Waals surface area (Å²) in [5.74, 6) is 0.977. The van der Waals surface area contributed by atoms with Crippen LogP contribution in [0.15, 0.2) is 22.7 Å². The normalized spacial score (nSPS) is 22.4. The van der Waals surface area contributed by atoms with Crippen molar-refractivity contribution in [3.8, 4) is 0 Å². The van der Waals surface area contributed by atoms with E-state index in [1.54, 1.807) is 12.1 Å². The van der Waals surface area contributed by atoms with Crippen LogP contribution in [0.3, 0.4) is 0 Å². The van der Waals surface area contributed by atoms with E-state index in [1.165, 1.54) is 6.07 Å². The highest BCUT2D eigenvalue weighted by Crippen LogP contribution is 2.31. The highest BCUT2D eigenvalue weighted by molar-refractivity contribution is 6.30. The molecule has 2 aromatic rings. The van der Waals surface area contributed by atoms with Crippen LogP contribution in [-0.4, -0.2) is 16.2 Å². The first-order chi connectivity index (χ1) is 10.1. The van der Waals surface area contributed by atoms with E-state index in [9.17, 15) is 4.39 Å². The number of hydrogen-bond donors (Lipinski definition) is 1. The monoisotopic (exact) mass is 309 g/mol. The zero-order valence-electron chi connectivity index (χ0n) is 11.6. The minimum Gasteiger partial charge on any atom is -0.339 e. The Kier molecular flexibility index (Phi) is 4.22. The van der Waals surface area contributed by atoms with Crippen LogP contribution in [0.1, 0.15) is 48.9 Å². The molecule has 112 valence electrons.